The quantitative estimate of drug-likeness (QED) is 0.132. The standard InChI is InChI=1S/C58H32N4/c1-5-31-21-23-35(29-59)49(57(31)61-3)54-46-27-43-41-19-11-17-39-37-15-9-7-13-33(37)25-45(51(39)41)44(43)28-47(46)55(50-36(30-60)24-22-32(6-2)58(50)62-4)56-48-26-34-14-8-10-16-38(34)40-18-12-20-42(52(40)48)53(54)56/h7-28H,5-6H2,1-2H3. The first-order chi connectivity index (χ1) is 30.5. The van der Waals surface area contributed by atoms with Gasteiger partial charge in [-0.3, -0.25) is 0 Å². The Bertz CT molecular complexity index is 4160. The van der Waals surface area contributed by atoms with E-state index < -0.39 is 0 Å². The Labute approximate surface area is 357 Å². The molecular weight excluding hydrogens is 753 g/mol. The van der Waals surface area contributed by atoms with E-state index >= 15 is 0 Å². The lowest BCUT2D eigenvalue weighted by atomic mass is 9.81. The molecule has 0 aliphatic heterocycles. The molecule has 4 heteroatoms. The van der Waals surface area contributed by atoms with Crippen LogP contribution in [0.3, 0.4) is 0 Å². The normalized spacial score (nSPS) is 11.8. The Morgan fingerprint density at radius 1 is 0.387 bits per heavy atom. The SMILES string of the molecule is [C-]#[N+]c1c(CC)ccc(C#N)c1-c1c2cc3c(cc2c(-c2c(C#N)ccc(CC)c2[N+]#[C-])c2c4cc5ccccc5c5cccc(c12)c54)c1cc2ccccc2c2cccc3c21. The number of benzene rings is 10. The van der Waals surface area contributed by atoms with E-state index in [1.54, 1.807) is 0 Å². The Morgan fingerprint density at radius 3 is 1.31 bits per heavy atom. The third-order valence-corrected chi connectivity index (χ3v) is 13.6. The predicted molar refractivity (Wildman–Crippen MR) is 258 cm³/mol. The van der Waals surface area contributed by atoms with Gasteiger partial charge in [-0.05, 0) is 168 Å². The molecule has 12 rings (SSSR count). The number of nitrogens with zero attached hydrogens (tertiary/aromatic N) is 4. The second kappa shape index (κ2) is 13.0. The third-order valence-electron chi connectivity index (χ3n) is 13.6. The summed E-state index contributed by atoms with van der Waals surface area (Å²) in [5, 5.41) is 41.1. The zero-order chi connectivity index (χ0) is 42.0. The van der Waals surface area contributed by atoms with Crippen molar-refractivity contribution in [1.82, 2.24) is 0 Å². The van der Waals surface area contributed by atoms with Crippen LogP contribution in [-0.2, 0) is 12.8 Å². The molecule has 12 aromatic carbocycles. The number of rotatable bonds is 4. The number of hydrogen-bond donors (Lipinski definition) is 0. The lowest BCUT2D eigenvalue weighted by molar-refractivity contribution is 1.15. The fourth-order valence-corrected chi connectivity index (χ4v) is 11.0. The van der Waals surface area contributed by atoms with E-state index in [1.807, 2.05) is 24.3 Å². The largest absolute Gasteiger partial charge is 0.237 e. The number of fused-ring (bicyclic) bond motifs is 11. The average molecular weight is 785 g/mol. The summed E-state index contributed by atoms with van der Waals surface area (Å²) in [5.74, 6) is 0. The van der Waals surface area contributed by atoms with E-state index in [9.17, 15) is 10.5 Å². The van der Waals surface area contributed by atoms with Crippen molar-refractivity contribution in [3.05, 3.63) is 179 Å². The molecule has 0 radical (unpaired) electrons. The molecule has 0 unspecified atom stereocenters. The Balaban J connectivity index is 1.47. The van der Waals surface area contributed by atoms with Gasteiger partial charge >= 0.3 is 0 Å². The Morgan fingerprint density at radius 2 is 0.806 bits per heavy atom. The van der Waals surface area contributed by atoms with Gasteiger partial charge in [0.15, 0.2) is 11.4 Å². The van der Waals surface area contributed by atoms with Crippen LogP contribution < -0.4 is 0 Å². The van der Waals surface area contributed by atoms with Crippen molar-refractivity contribution in [3.8, 4) is 34.4 Å². The van der Waals surface area contributed by atoms with E-state index in [0.29, 0.717) is 46.5 Å². The number of hydrogen-bond acceptors (Lipinski definition) is 2. The van der Waals surface area contributed by atoms with Gasteiger partial charge in [0.1, 0.15) is 0 Å². The molecule has 0 saturated heterocycles. The predicted octanol–water partition coefficient (Wildman–Crippen LogP) is 16.2. The lowest BCUT2D eigenvalue weighted by Gasteiger charge is -2.21. The number of nitriles is 2. The highest BCUT2D eigenvalue weighted by Crippen LogP contribution is 2.57. The molecule has 0 saturated carbocycles. The summed E-state index contributed by atoms with van der Waals surface area (Å²) < 4.78 is 0. The minimum atomic E-state index is 0.432. The van der Waals surface area contributed by atoms with Crippen LogP contribution in [0.4, 0.5) is 11.4 Å². The lowest BCUT2D eigenvalue weighted by Crippen LogP contribution is -1.96. The van der Waals surface area contributed by atoms with Gasteiger partial charge in [-0.1, -0.05) is 111 Å². The minimum Gasteiger partial charge on any atom is -0.237 e. The summed E-state index contributed by atoms with van der Waals surface area (Å²) in [5.41, 5.74) is 6.46. The summed E-state index contributed by atoms with van der Waals surface area (Å²) in [6, 6.07) is 51.7. The van der Waals surface area contributed by atoms with Crippen LogP contribution in [0.1, 0.15) is 36.1 Å². The van der Waals surface area contributed by atoms with Crippen molar-refractivity contribution < 1.29 is 0 Å². The molecule has 0 N–H and O–H groups in total. The maximum atomic E-state index is 11.0. The van der Waals surface area contributed by atoms with Gasteiger partial charge in [-0.15, -0.1) is 0 Å². The molecule has 0 atom stereocenters. The molecule has 0 aromatic heterocycles. The van der Waals surface area contributed by atoms with Crippen molar-refractivity contribution in [3.63, 3.8) is 0 Å². The summed E-state index contributed by atoms with van der Waals surface area (Å²) in [6.45, 7) is 21.6. The molecule has 0 heterocycles. The van der Waals surface area contributed by atoms with Crippen LogP contribution in [0.25, 0.3) is 129 Å². The average Bonchev–Trinajstić information content (AvgIpc) is 3.81. The third kappa shape index (κ3) is 4.46. The second-order valence-electron chi connectivity index (χ2n) is 16.3. The molecule has 4 nitrogen and oxygen atoms in total. The monoisotopic (exact) mass is 784 g/mol. The zero-order valence-electron chi connectivity index (χ0n) is 33.9. The molecule has 0 amide bonds. The Kier molecular flexibility index (Phi) is 7.41. The van der Waals surface area contributed by atoms with Crippen LogP contribution in [0, 0.1) is 35.8 Å². The smallest absolute Gasteiger partial charge is 0.199 e. The molecule has 0 aliphatic rings. The first kappa shape index (κ1) is 35.4. The molecule has 0 aliphatic carbocycles. The minimum absolute atomic E-state index is 0.432. The van der Waals surface area contributed by atoms with Crippen molar-refractivity contribution in [2.24, 2.45) is 0 Å². The van der Waals surface area contributed by atoms with Gasteiger partial charge in [-0.25, -0.2) is 9.69 Å². The van der Waals surface area contributed by atoms with Crippen LogP contribution in [-0.4, -0.2) is 0 Å². The van der Waals surface area contributed by atoms with Gasteiger partial charge in [-0.2, -0.15) is 10.5 Å². The van der Waals surface area contributed by atoms with Crippen LogP contribution in [0.2, 0.25) is 0 Å². The van der Waals surface area contributed by atoms with Crippen molar-refractivity contribution in [2.45, 2.75) is 26.7 Å². The van der Waals surface area contributed by atoms with Crippen molar-refractivity contribution in [1.29, 1.82) is 10.5 Å². The fraction of sp³-hybridized carbons (Fsp3) is 0.0690. The molecule has 12 aromatic rings. The first-order valence-corrected chi connectivity index (χ1v) is 21.0. The topological polar surface area (TPSA) is 56.3 Å². The van der Waals surface area contributed by atoms with Crippen molar-refractivity contribution >= 4 is 108 Å². The second-order valence-corrected chi connectivity index (χ2v) is 16.3. The molecule has 62 heavy (non-hydrogen) atoms. The van der Waals surface area contributed by atoms with Crippen LogP contribution in [0.15, 0.2) is 133 Å². The Hall–Kier alpha value is -8.54. The van der Waals surface area contributed by atoms with Gasteiger partial charge < -0.3 is 0 Å². The van der Waals surface area contributed by atoms with E-state index in [4.69, 9.17) is 13.1 Å². The van der Waals surface area contributed by atoms with E-state index in [1.165, 1.54) is 16.2 Å². The molecule has 0 spiro atoms. The van der Waals surface area contributed by atoms with Gasteiger partial charge in [0, 0.05) is 22.3 Å². The maximum absolute atomic E-state index is 11.0. The molecule has 284 valence electrons. The summed E-state index contributed by atoms with van der Waals surface area (Å²) in [4.78, 5) is 8.49. The highest BCUT2D eigenvalue weighted by Gasteiger charge is 2.30. The van der Waals surface area contributed by atoms with E-state index in [-0.39, 0.29) is 0 Å². The van der Waals surface area contributed by atoms with Crippen molar-refractivity contribution in [2.75, 3.05) is 0 Å². The fourth-order valence-electron chi connectivity index (χ4n) is 11.0. The molecule has 0 fully saturated rings. The number of aryl methyl sites for hydroxylation is 2. The van der Waals surface area contributed by atoms with Gasteiger partial charge in [0.2, 0.25) is 0 Å². The molecule has 0 bridgehead atoms. The van der Waals surface area contributed by atoms with Crippen LogP contribution >= 0.6 is 0 Å². The first-order valence-electron chi connectivity index (χ1n) is 21.0. The highest BCUT2D eigenvalue weighted by atomic mass is 14.7. The summed E-state index contributed by atoms with van der Waals surface area (Å²) in [6.07, 6.45) is 1.25. The summed E-state index contributed by atoms with van der Waals surface area (Å²) >= 11 is 0. The van der Waals surface area contributed by atoms with Gasteiger partial charge in [0.25, 0.3) is 0 Å². The van der Waals surface area contributed by atoms with E-state index in [0.717, 1.165) is 103 Å². The van der Waals surface area contributed by atoms with Crippen LogP contribution in [0.5, 0.6) is 0 Å². The summed E-state index contributed by atoms with van der Waals surface area (Å²) in [7, 11) is 0. The molecular formula is C58H32N4. The highest BCUT2D eigenvalue weighted by molar-refractivity contribution is 6.45. The van der Waals surface area contributed by atoms with E-state index in [2.05, 4.69) is 145 Å². The maximum Gasteiger partial charge on any atom is 0.199 e. The van der Waals surface area contributed by atoms with Gasteiger partial charge in [0.05, 0.1) is 25.3 Å². The zero-order valence-corrected chi connectivity index (χ0v) is 33.9.